The van der Waals surface area contributed by atoms with Gasteiger partial charge in [0.25, 0.3) is 5.91 Å². The smallest absolute Gasteiger partial charge is 0.276 e. The van der Waals surface area contributed by atoms with Crippen LogP contribution in [0.2, 0.25) is 0 Å². The number of benzene rings is 1. The molecule has 0 aliphatic rings. The fourth-order valence-electron chi connectivity index (χ4n) is 1.91. The number of pyridine rings is 1. The van der Waals surface area contributed by atoms with Crippen LogP contribution in [0.5, 0.6) is 0 Å². The van der Waals surface area contributed by atoms with Gasteiger partial charge in [0.1, 0.15) is 0 Å². The largest absolute Gasteiger partial charge is 0.397 e. The minimum atomic E-state index is -0.301. The normalized spacial score (nSPS) is 10.6. The predicted molar refractivity (Wildman–Crippen MR) is 80.4 cm³/mol. The topological polar surface area (TPSA) is 71.2 Å². The van der Waals surface area contributed by atoms with Crippen molar-refractivity contribution in [3.63, 3.8) is 0 Å². The van der Waals surface area contributed by atoms with Gasteiger partial charge in [0, 0.05) is 18.4 Å². The molecule has 1 heterocycles. The molecule has 0 saturated heterocycles. The molecule has 0 spiro atoms. The Labute approximate surface area is 118 Å². The molecule has 104 valence electrons. The van der Waals surface area contributed by atoms with Crippen LogP contribution in [0.1, 0.15) is 16.1 Å². The predicted octanol–water partition coefficient (Wildman–Crippen LogP) is 1.98. The van der Waals surface area contributed by atoms with Gasteiger partial charge in [-0.25, -0.2) is 4.98 Å². The number of carbonyl (C=O) groups is 1. The number of nitrogens with one attached hydrogen (secondary N) is 1. The van der Waals surface area contributed by atoms with Crippen LogP contribution in [0.3, 0.4) is 0 Å². The highest BCUT2D eigenvalue weighted by atomic mass is 16.1. The number of nitrogens with two attached hydrogens (primary N) is 1. The lowest BCUT2D eigenvalue weighted by Gasteiger charge is -2.11. The second kappa shape index (κ2) is 6.16. The highest BCUT2D eigenvalue weighted by Gasteiger charge is 2.11. The number of aromatic nitrogens is 1. The summed E-state index contributed by atoms with van der Waals surface area (Å²) in [4.78, 5) is 18.2. The SMILES string of the molecule is CN(C)Cc1cccc(NC(=O)c2ncccc2N)c1. The molecule has 0 fully saturated rings. The van der Waals surface area contributed by atoms with Gasteiger partial charge in [-0.2, -0.15) is 0 Å². The van der Waals surface area contributed by atoms with Crippen LogP contribution >= 0.6 is 0 Å². The Balaban J connectivity index is 2.14. The number of nitrogens with zero attached hydrogens (tertiary/aromatic N) is 2. The van der Waals surface area contributed by atoms with Crippen molar-refractivity contribution in [1.82, 2.24) is 9.88 Å². The summed E-state index contributed by atoms with van der Waals surface area (Å²) < 4.78 is 0. The fourth-order valence-corrected chi connectivity index (χ4v) is 1.91. The zero-order valence-corrected chi connectivity index (χ0v) is 11.6. The summed E-state index contributed by atoms with van der Waals surface area (Å²) in [7, 11) is 4.00. The quantitative estimate of drug-likeness (QED) is 0.891. The van der Waals surface area contributed by atoms with Crippen molar-refractivity contribution < 1.29 is 4.79 Å². The average Bonchev–Trinajstić information content (AvgIpc) is 2.38. The van der Waals surface area contributed by atoms with Gasteiger partial charge >= 0.3 is 0 Å². The van der Waals surface area contributed by atoms with E-state index in [4.69, 9.17) is 5.73 Å². The molecule has 0 bridgehead atoms. The molecule has 0 unspecified atom stereocenters. The van der Waals surface area contributed by atoms with E-state index in [0.717, 1.165) is 17.8 Å². The Bertz CT molecular complexity index is 610. The molecule has 5 nitrogen and oxygen atoms in total. The number of carbonyl (C=O) groups excluding carboxylic acids is 1. The Morgan fingerprint density at radius 1 is 1.30 bits per heavy atom. The maximum absolute atomic E-state index is 12.1. The number of amides is 1. The molecule has 0 aliphatic heterocycles. The van der Waals surface area contributed by atoms with Crippen molar-refractivity contribution in [2.75, 3.05) is 25.1 Å². The molecular weight excluding hydrogens is 252 g/mol. The van der Waals surface area contributed by atoms with Crippen LogP contribution in [0.25, 0.3) is 0 Å². The van der Waals surface area contributed by atoms with Crippen LogP contribution in [-0.2, 0) is 6.54 Å². The second-order valence-electron chi connectivity index (χ2n) is 4.83. The Morgan fingerprint density at radius 2 is 2.10 bits per heavy atom. The first-order valence-corrected chi connectivity index (χ1v) is 6.32. The molecule has 0 saturated carbocycles. The summed E-state index contributed by atoms with van der Waals surface area (Å²) in [5.41, 5.74) is 8.21. The summed E-state index contributed by atoms with van der Waals surface area (Å²) in [6.07, 6.45) is 1.55. The van der Waals surface area contributed by atoms with Crippen LogP contribution in [0.4, 0.5) is 11.4 Å². The first-order valence-electron chi connectivity index (χ1n) is 6.32. The molecule has 5 heteroatoms. The summed E-state index contributed by atoms with van der Waals surface area (Å²) in [5.74, 6) is -0.301. The van der Waals surface area contributed by atoms with Crippen LogP contribution < -0.4 is 11.1 Å². The van der Waals surface area contributed by atoms with E-state index in [-0.39, 0.29) is 11.6 Å². The van der Waals surface area contributed by atoms with Gasteiger partial charge in [0.05, 0.1) is 5.69 Å². The lowest BCUT2D eigenvalue weighted by molar-refractivity contribution is 0.102. The van der Waals surface area contributed by atoms with Crippen LogP contribution in [-0.4, -0.2) is 29.9 Å². The van der Waals surface area contributed by atoms with E-state index in [2.05, 4.69) is 15.2 Å². The standard InChI is InChI=1S/C15H18N4O/c1-19(2)10-11-5-3-6-12(9-11)18-15(20)14-13(16)7-4-8-17-14/h3-9H,10,16H2,1-2H3,(H,18,20). The Kier molecular flexibility index (Phi) is 4.32. The van der Waals surface area contributed by atoms with Gasteiger partial charge in [-0.05, 0) is 43.9 Å². The number of hydrogen-bond acceptors (Lipinski definition) is 4. The van der Waals surface area contributed by atoms with Crippen molar-refractivity contribution in [3.8, 4) is 0 Å². The van der Waals surface area contributed by atoms with Gasteiger partial charge in [0.2, 0.25) is 0 Å². The van der Waals surface area contributed by atoms with Crippen LogP contribution in [0.15, 0.2) is 42.6 Å². The maximum atomic E-state index is 12.1. The zero-order chi connectivity index (χ0) is 14.5. The van der Waals surface area contributed by atoms with Crippen molar-refractivity contribution in [2.45, 2.75) is 6.54 Å². The molecule has 2 rings (SSSR count). The fraction of sp³-hybridized carbons (Fsp3) is 0.200. The molecule has 1 amide bonds. The van der Waals surface area contributed by atoms with Crippen molar-refractivity contribution in [1.29, 1.82) is 0 Å². The van der Waals surface area contributed by atoms with E-state index in [1.165, 1.54) is 0 Å². The molecular formula is C15H18N4O. The molecule has 3 N–H and O–H groups in total. The van der Waals surface area contributed by atoms with Crippen molar-refractivity contribution >= 4 is 17.3 Å². The third kappa shape index (κ3) is 3.55. The molecule has 0 atom stereocenters. The van der Waals surface area contributed by atoms with E-state index in [0.29, 0.717) is 5.69 Å². The van der Waals surface area contributed by atoms with Crippen LogP contribution in [0, 0.1) is 0 Å². The minimum absolute atomic E-state index is 0.241. The first kappa shape index (κ1) is 14.0. The van der Waals surface area contributed by atoms with E-state index < -0.39 is 0 Å². The van der Waals surface area contributed by atoms with Crippen molar-refractivity contribution in [3.05, 3.63) is 53.9 Å². The molecule has 1 aromatic heterocycles. The number of nitrogen functional groups attached to an aromatic ring is 1. The first-order chi connectivity index (χ1) is 9.56. The molecule has 20 heavy (non-hydrogen) atoms. The monoisotopic (exact) mass is 270 g/mol. The van der Waals surface area contributed by atoms with Gasteiger partial charge in [0.15, 0.2) is 5.69 Å². The number of hydrogen-bond donors (Lipinski definition) is 2. The molecule has 0 radical (unpaired) electrons. The van der Waals surface area contributed by atoms with E-state index in [1.54, 1.807) is 18.3 Å². The lowest BCUT2D eigenvalue weighted by atomic mass is 10.2. The number of rotatable bonds is 4. The molecule has 1 aromatic carbocycles. The van der Waals surface area contributed by atoms with E-state index in [1.807, 2.05) is 38.4 Å². The van der Waals surface area contributed by atoms with E-state index >= 15 is 0 Å². The Hall–Kier alpha value is -2.40. The molecule has 0 aliphatic carbocycles. The highest BCUT2D eigenvalue weighted by Crippen LogP contribution is 2.14. The van der Waals surface area contributed by atoms with Gasteiger partial charge in [-0.3, -0.25) is 4.79 Å². The van der Waals surface area contributed by atoms with Gasteiger partial charge < -0.3 is 16.0 Å². The molecule has 2 aromatic rings. The third-order valence-electron chi connectivity index (χ3n) is 2.74. The summed E-state index contributed by atoms with van der Waals surface area (Å²) in [6, 6.07) is 11.1. The van der Waals surface area contributed by atoms with Gasteiger partial charge in [-0.15, -0.1) is 0 Å². The number of anilines is 2. The average molecular weight is 270 g/mol. The van der Waals surface area contributed by atoms with Gasteiger partial charge in [-0.1, -0.05) is 12.1 Å². The second-order valence-corrected chi connectivity index (χ2v) is 4.83. The zero-order valence-electron chi connectivity index (χ0n) is 11.6. The summed E-state index contributed by atoms with van der Waals surface area (Å²) in [6.45, 7) is 0.815. The summed E-state index contributed by atoms with van der Waals surface area (Å²) >= 11 is 0. The highest BCUT2D eigenvalue weighted by molar-refractivity contribution is 6.06. The lowest BCUT2D eigenvalue weighted by Crippen LogP contribution is -2.16. The Morgan fingerprint density at radius 3 is 2.80 bits per heavy atom. The maximum Gasteiger partial charge on any atom is 0.276 e. The third-order valence-corrected chi connectivity index (χ3v) is 2.74. The minimum Gasteiger partial charge on any atom is -0.397 e. The van der Waals surface area contributed by atoms with E-state index in [9.17, 15) is 4.79 Å². The summed E-state index contributed by atoms with van der Waals surface area (Å²) in [5, 5.41) is 2.81. The van der Waals surface area contributed by atoms with Crippen molar-refractivity contribution in [2.24, 2.45) is 0 Å².